The molecule has 80 valence electrons. The third-order valence-electron chi connectivity index (χ3n) is 2.42. The minimum absolute atomic E-state index is 0.519. The summed E-state index contributed by atoms with van der Waals surface area (Å²) in [6.07, 6.45) is 7.62. The van der Waals surface area contributed by atoms with Crippen molar-refractivity contribution in [2.45, 2.75) is 20.3 Å². The van der Waals surface area contributed by atoms with Crippen molar-refractivity contribution in [3.8, 4) is 18.0 Å². The molecule has 0 spiro atoms. The van der Waals surface area contributed by atoms with Gasteiger partial charge in [0, 0.05) is 0 Å². The molecule has 1 aromatic heterocycles. The summed E-state index contributed by atoms with van der Waals surface area (Å²) in [5.74, 6) is 2.56. The third kappa shape index (κ3) is 1.96. The zero-order valence-corrected chi connectivity index (χ0v) is 9.44. The Bertz CT molecular complexity index is 547. The first kappa shape index (κ1) is 10.4. The number of rotatable bonds is 2. The van der Waals surface area contributed by atoms with Gasteiger partial charge in [0.15, 0.2) is 0 Å². The molecule has 0 radical (unpaired) electrons. The van der Waals surface area contributed by atoms with Gasteiger partial charge in [0.1, 0.15) is 0 Å². The lowest BCUT2D eigenvalue weighted by atomic mass is 10.1. The van der Waals surface area contributed by atoms with Crippen molar-refractivity contribution in [3.63, 3.8) is 0 Å². The Hall–Kier alpha value is -2.08. The molecular formula is C13H13N3. The average Bonchev–Trinajstić information content (AvgIpc) is 2.67. The van der Waals surface area contributed by atoms with Crippen LogP contribution in [0, 0.1) is 26.2 Å². The van der Waals surface area contributed by atoms with Crippen molar-refractivity contribution in [1.82, 2.24) is 15.0 Å². The number of terminal acetylenes is 1. The fourth-order valence-electron chi connectivity index (χ4n) is 1.66. The maximum atomic E-state index is 5.23. The zero-order valence-electron chi connectivity index (χ0n) is 9.44. The Kier molecular flexibility index (Phi) is 2.74. The summed E-state index contributed by atoms with van der Waals surface area (Å²) in [6, 6.07) is 6.22. The fraction of sp³-hybridized carbons (Fsp3) is 0.231. The SMILES string of the molecule is C#CCc1cn(-c2ccc(C)cc2C)nn1. The highest BCUT2D eigenvalue weighted by Crippen LogP contribution is 2.14. The van der Waals surface area contributed by atoms with Crippen molar-refractivity contribution in [2.24, 2.45) is 0 Å². The van der Waals surface area contributed by atoms with Crippen LogP contribution < -0.4 is 0 Å². The molecule has 0 unspecified atom stereocenters. The lowest BCUT2D eigenvalue weighted by Gasteiger charge is -2.05. The highest BCUT2D eigenvalue weighted by atomic mass is 15.4. The summed E-state index contributed by atoms with van der Waals surface area (Å²) >= 11 is 0. The van der Waals surface area contributed by atoms with Crippen LogP contribution in [0.4, 0.5) is 0 Å². The first-order valence-corrected chi connectivity index (χ1v) is 5.13. The van der Waals surface area contributed by atoms with E-state index in [4.69, 9.17) is 6.42 Å². The molecule has 0 aliphatic carbocycles. The van der Waals surface area contributed by atoms with Crippen LogP contribution in [0.2, 0.25) is 0 Å². The maximum Gasteiger partial charge on any atom is 0.0950 e. The average molecular weight is 211 g/mol. The fourth-order valence-corrected chi connectivity index (χ4v) is 1.66. The van der Waals surface area contributed by atoms with Crippen LogP contribution >= 0.6 is 0 Å². The van der Waals surface area contributed by atoms with Gasteiger partial charge in [-0.15, -0.1) is 17.4 Å². The van der Waals surface area contributed by atoms with Gasteiger partial charge in [0.25, 0.3) is 0 Å². The lowest BCUT2D eigenvalue weighted by Crippen LogP contribution is -1.98. The van der Waals surface area contributed by atoms with Crippen molar-refractivity contribution in [3.05, 3.63) is 41.2 Å². The standard InChI is InChI=1S/C13H13N3/c1-4-5-12-9-16(15-14-12)13-7-6-10(2)8-11(13)3/h1,6-9H,5H2,2-3H3. The number of hydrogen-bond acceptors (Lipinski definition) is 2. The molecule has 0 saturated heterocycles. The van der Waals surface area contributed by atoms with Crippen molar-refractivity contribution >= 4 is 0 Å². The Morgan fingerprint density at radius 3 is 2.88 bits per heavy atom. The Labute approximate surface area is 95.1 Å². The van der Waals surface area contributed by atoms with Gasteiger partial charge in [0.2, 0.25) is 0 Å². The predicted molar refractivity (Wildman–Crippen MR) is 63.4 cm³/mol. The molecule has 0 saturated carbocycles. The van der Waals surface area contributed by atoms with Crippen molar-refractivity contribution < 1.29 is 0 Å². The summed E-state index contributed by atoms with van der Waals surface area (Å²) in [7, 11) is 0. The predicted octanol–water partition coefficient (Wildman–Crippen LogP) is 2.06. The first-order valence-electron chi connectivity index (χ1n) is 5.13. The molecule has 16 heavy (non-hydrogen) atoms. The summed E-state index contributed by atoms with van der Waals surface area (Å²) < 4.78 is 1.77. The number of benzene rings is 1. The van der Waals surface area contributed by atoms with Gasteiger partial charge >= 0.3 is 0 Å². The molecule has 0 N–H and O–H groups in total. The summed E-state index contributed by atoms with van der Waals surface area (Å²) in [6.45, 7) is 4.13. The van der Waals surface area contributed by atoms with Crippen LogP contribution in [-0.4, -0.2) is 15.0 Å². The number of aryl methyl sites for hydroxylation is 2. The smallest absolute Gasteiger partial charge is 0.0950 e. The molecule has 1 heterocycles. The zero-order chi connectivity index (χ0) is 11.5. The van der Waals surface area contributed by atoms with Gasteiger partial charge in [-0.25, -0.2) is 4.68 Å². The molecule has 1 aromatic carbocycles. The number of hydrogen-bond donors (Lipinski definition) is 0. The monoisotopic (exact) mass is 211 g/mol. The third-order valence-corrected chi connectivity index (χ3v) is 2.42. The molecule has 0 bridgehead atoms. The number of nitrogens with zero attached hydrogens (tertiary/aromatic N) is 3. The molecule has 2 rings (SSSR count). The van der Waals surface area contributed by atoms with E-state index in [1.807, 2.05) is 12.3 Å². The summed E-state index contributed by atoms with van der Waals surface area (Å²) in [5, 5.41) is 8.08. The van der Waals surface area contributed by atoms with E-state index in [1.165, 1.54) is 11.1 Å². The Morgan fingerprint density at radius 2 is 2.19 bits per heavy atom. The molecule has 0 fully saturated rings. The molecule has 0 aliphatic heterocycles. The van der Waals surface area contributed by atoms with Crippen LogP contribution in [0.15, 0.2) is 24.4 Å². The van der Waals surface area contributed by atoms with E-state index < -0.39 is 0 Å². The van der Waals surface area contributed by atoms with Crippen molar-refractivity contribution in [1.29, 1.82) is 0 Å². The topological polar surface area (TPSA) is 30.7 Å². The van der Waals surface area contributed by atoms with Gasteiger partial charge in [-0.3, -0.25) is 0 Å². The highest BCUT2D eigenvalue weighted by molar-refractivity contribution is 5.41. The lowest BCUT2D eigenvalue weighted by molar-refractivity contribution is 0.795. The largest absolute Gasteiger partial charge is 0.220 e. The van der Waals surface area contributed by atoms with E-state index in [-0.39, 0.29) is 0 Å². The minimum Gasteiger partial charge on any atom is -0.220 e. The normalized spacial score (nSPS) is 10.1. The summed E-state index contributed by atoms with van der Waals surface area (Å²) in [5.41, 5.74) is 4.28. The molecular weight excluding hydrogens is 198 g/mol. The second kappa shape index (κ2) is 4.19. The van der Waals surface area contributed by atoms with Gasteiger partial charge in [-0.05, 0) is 25.5 Å². The van der Waals surface area contributed by atoms with Gasteiger partial charge in [0.05, 0.1) is 24.0 Å². The first-order chi connectivity index (χ1) is 7.70. The molecule has 3 heteroatoms. The van der Waals surface area contributed by atoms with Crippen LogP contribution in [0.3, 0.4) is 0 Å². The van der Waals surface area contributed by atoms with E-state index in [9.17, 15) is 0 Å². The molecule has 0 amide bonds. The Balaban J connectivity index is 2.39. The highest BCUT2D eigenvalue weighted by Gasteiger charge is 2.04. The van der Waals surface area contributed by atoms with E-state index >= 15 is 0 Å². The van der Waals surface area contributed by atoms with Crippen LogP contribution in [0.1, 0.15) is 16.8 Å². The number of aromatic nitrogens is 3. The van der Waals surface area contributed by atoms with Crippen LogP contribution in [-0.2, 0) is 6.42 Å². The van der Waals surface area contributed by atoms with Crippen LogP contribution in [0.25, 0.3) is 5.69 Å². The molecule has 0 aliphatic rings. The Morgan fingerprint density at radius 1 is 1.38 bits per heavy atom. The summed E-state index contributed by atoms with van der Waals surface area (Å²) in [4.78, 5) is 0. The van der Waals surface area contributed by atoms with Gasteiger partial charge < -0.3 is 0 Å². The van der Waals surface area contributed by atoms with Gasteiger partial charge in [-0.1, -0.05) is 22.9 Å². The second-order valence-electron chi connectivity index (χ2n) is 3.83. The minimum atomic E-state index is 0.519. The second-order valence-corrected chi connectivity index (χ2v) is 3.83. The maximum absolute atomic E-state index is 5.23. The van der Waals surface area contributed by atoms with Crippen molar-refractivity contribution in [2.75, 3.05) is 0 Å². The molecule has 2 aromatic rings. The van der Waals surface area contributed by atoms with Crippen LogP contribution in [0.5, 0.6) is 0 Å². The molecule has 3 nitrogen and oxygen atoms in total. The van der Waals surface area contributed by atoms with E-state index in [1.54, 1.807) is 4.68 Å². The van der Waals surface area contributed by atoms with E-state index in [2.05, 4.69) is 42.2 Å². The van der Waals surface area contributed by atoms with E-state index in [0.29, 0.717) is 6.42 Å². The van der Waals surface area contributed by atoms with Gasteiger partial charge in [-0.2, -0.15) is 0 Å². The van der Waals surface area contributed by atoms with E-state index in [0.717, 1.165) is 11.4 Å². The quantitative estimate of drug-likeness (QED) is 0.712. The molecule has 0 atom stereocenters.